The smallest absolute Gasteiger partial charge is 0.317 e. The molecule has 6 nitrogen and oxygen atoms in total. The molecule has 1 aromatic carbocycles. The molecule has 2 aliphatic rings. The normalized spacial score (nSPS) is 23.5. The first kappa shape index (κ1) is 19.2. The number of esters is 1. The number of hydrogen-bond acceptors (Lipinski definition) is 5. The van der Waals surface area contributed by atoms with Crippen molar-refractivity contribution in [2.24, 2.45) is 0 Å². The minimum atomic E-state index is -3.07. The highest BCUT2D eigenvalue weighted by molar-refractivity contribution is 7.91. The topological polar surface area (TPSA) is 89.5 Å². The van der Waals surface area contributed by atoms with E-state index in [9.17, 15) is 18.0 Å². The lowest BCUT2D eigenvalue weighted by Crippen LogP contribution is -2.41. The van der Waals surface area contributed by atoms with Crippen molar-refractivity contribution in [1.82, 2.24) is 5.32 Å². The van der Waals surface area contributed by atoms with Crippen LogP contribution in [0.25, 0.3) is 0 Å². The second-order valence-electron chi connectivity index (χ2n) is 7.04. The average molecular weight is 400 g/mol. The van der Waals surface area contributed by atoms with Gasteiger partial charge < -0.3 is 10.1 Å². The third-order valence-electron chi connectivity index (χ3n) is 5.18. The van der Waals surface area contributed by atoms with Gasteiger partial charge in [-0.2, -0.15) is 0 Å². The van der Waals surface area contributed by atoms with E-state index in [1.54, 1.807) is 12.1 Å². The maximum absolute atomic E-state index is 12.8. The largest absolute Gasteiger partial charge is 0.455 e. The molecule has 3 rings (SSSR count). The molecule has 1 aromatic rings. The quantitative estimate of drug-likeness (QED) is 0.765. The first-order valence-electron chi connectivity index (χ1n) is 8.74. The summed E-state index contributed by atoms with van der Waals surface area (Å²) in [5.41, 5.74) is 0.119. The molecule has 0 unspecified atom stereocenters. The van der Waals surface area contributed by atoms with E-state index in [2.05, 4.69) is 5.32 Å². The Morgan fingerprint density at radius 1 is 1.19 bits per heavy atom. The zero-order chi connectivity index (χ0) is 18.8. The number of rotatable bonds is 5. The maximum atomic E-state index is 12.8. The number of ether oxygens (including phenoxy) is 1. The SMILES string of the molecule is O=C(COC(=O)C1(c2ccc(Cl)cc2)CCCC1)N[C@@H]1CCS(=O)(=O)C1. The number of halogens is 1. The highest BCUT2D eigenvalue weighted by atomic mass is 35.5. The second kappa shape index (κ2) is 7.56. The van der Waals surface area contributed by atoms with Crippen LogP contribution in [0.15, 0.2) is 24.3 Å². The molecule has 2 fully saturated rings. The van der Waals surface area contributed by atoms with Gasteiger partial charge in [-0.05, 0) is 37.0 Å². The number of hydrogen-bond donors (Lipinski definition) is 1. The van der Waals surface area contributed by atoms with Gasteiger partial charge in [0.1, 0.15) is 0 Å². The molecule has 1 heterocycles. The van der Waals surface area contributed by atoms with Crippen LogP contribution in [0.2, 0.25) is 5.02 Å². The molecule has 0 spiro atoms. The molecule has 8 heteroatoms. The van der Waals surface area contributed by atoms with Crippen LogP contribution in [0.3, 0.4) is 0 Å². The number of nitrogens with one attached hydrogen (secondary N) is 1. The molecule has 1 aliphatic heterocycles. The molecule has 0 bridgehead atoms. The zero-order valence-corrected chi connectivity index (χ0v) is 15.9. The van der Waals surface area contributed by atoms with Crippen LogP contribution in [-0.2, 0) is 29.6 Å². The lowest BCUT2D eigenvalue weighted by atomic mass is 9.79. The van der Waals surface area contributed by atoms with Gasteiger partial charge in [-0.15, -0.1) is 0 Å². The minimum absolute atomic E-state index is 0.0542. The summed E-state index contributed by atoms with van der Waals surface area (Å²) in [6, 6.07) is 6.76. The van der Waals surface area contributed by atoms with Crippen molar-refractivity contribution in [2.45, 2.75) is 43.6 Å². The van der Waals surface area contributed by atoms with Crippen molar-refractivity contribution in [2.75, 3.05) is 18.1 Å². The van der Waals surface area contributed by atoms with E-state index >= 15 is 0 Å². The van der Waals surface area contributed by atoms with E-state index in [0.717, 1.165) is 18.4 Å². The summed E-state index contributed by atoms with van der Waals surface area (Å²) in [5.74, 6) is -0.852. The van der Waals surface area contributed by atoms with Crippen molar-refractivity contribution < 1.29 is 22.7 Å². The lowest BCUT2D eigenvalue weighted by molar-refractivity contribution is -0.154. The van der Waals surface area contributed by atoms with E-state index in [4.69, 9.17) is 16.3 Å². The second-order valence-corrected chi connectivity index (χ2v) is 9.70. The summed E-state index contributed by atoms with van der Waals surface area (Å²) in [7, 11) is -3.07. The maximum Gasteiger partial charge on any atom is 0.317 e. The summed E-state index contributed by atoms with van der Waals surface area (Å²) in [6.45, 7) is -0.398. The van der Waals surface area contributed by atoms with Crippen molar-refractivity contribution in [3.8, 4) is 0 Å². The minimum Gasteiger partial charge on any atom is -0.455 e. The molecule has 1 aliphatic carbocycles. The average Bonchev–Trinajstić information content (AvgIpc) is 3.21. The predicted octanol–water partition coefficient (Wildman–Crippen LogP) is 2.00. The van der Waals surface area contributed by atoms with E-state index < -0.39 is 39.8 Å². The number of sulfone groups is 1. The summed E-state index contributed by atoms with van der Waals surface area (Å²) < 4.78 is 28.2. The molecule has 0 radical (unpaired) electrons. The Kier molecular flexibility index (Phi) is 5.58. The van der Waals surface area contributed by atoms with Crippen LogP contribution in [-0.4, -0.2) is 44.4 Å². The van der Waals surface area contributed by atoms with Gasteiger partial charge in [-0.3, -0.25) is 9.59 Å². The summed E-state index contributed by atoms with van der Waals surface area (Å²) in [4.78, 5) is 24.8. The van der Waals surface area contributed by atoms with Crippen molar-refractivity contribution >= 4 is 33.3 Å². The molecular weight excluding hydrogens is 378 g/mol. The van der Waals surface area contributed by atoms with Gasteiger partial charge in [0, 0.05) is 11.1 Å². The molecule has 1 amide bonds. The molecule has 1 N–H and O–H groups in total. The van der Waals surface area contributed by atoms with Gasteiger partial charge in [0.15, 0.2) is 16.4 Å². The fourth-order valence-electron chi connectivity index (χ4n) is 3.81. The van der Waals surface area contributed by atoms with Crippen LogP contribution in [0.5, 0.6) is 0 Å². The first-order chi connectivity index (χ1) is 12.3. The van der Waals surface area contributed by atoms with Crippen molar-refractivity contribution in [3.63, 3.8) is 0 Å². The van der Waals surface area contributed by atoms with Gasteiger partial charge in [-0.1, -0.05) is 36.6 Å². The summed E-state index contributed by atoms with van der Waals surface area (Å²) in [5, 5.41) is 3.23. The highest BCUT2D eigenvalue weighted by Crippen LogP contribution is 2.42. The molecular formula is C18H22ClNO5S. The van der Waals surface area contributed by atoms with Gasteiger partial charge in [-0.25, -0.2) is 8.42 Å². The van der Waals surface area contributed by atoms with Crippen LogP contribution in [0.4, 0.5) is 0 Å². The summed E-state index contributed by atoms with van der Waals surface area (Å²) in [6.07, 6.45) is 3.59. The van der Waals surface area contributed by atoms with Gasteiger partial charge in [0.2, 0.25) is 0 Å². The molecule has 142 valence electrons. The van der Waals surface area contributed by atoms with Crippen molar-refractivity contribution in [1.29, 1.82) is 0 Å². The number of carbonyl (C=O) groups excluding carboxylic acids is 2. The first-order valence-corrected chi connectivity index (χ1v) is 10.9. The standard InChI is InChI=1S/C18H22ClNO5S/c19-14-5-3-13(4-6-14)18(8-1-2-9-18)17(22)25-11-16(21)20-15-7-10-26(23,24)12-15/h3-6,15H,1-2,7-12H2,(H,20,21)/t15-/m1/s1. The van der Waals surface area contributed by atoms with E-state index in [1.807, 2.05) is 12.1 Å². The Labute approximate surface area is 158 Å². The fraction of sp³-hybridized carbons (Fsp3) is 0.556. The Balaban J connectivity index is 1.60. The Bertz CT molecular complexity index is 784. The number of carbonyl (C=O) groups is 2. The fourth-order valence-corrected chi connectivity index (χ4v) is 5.60. The Morgan fingerprint density at radius 3 is 2.42 bits per heavy atom. The van der Waals surface area contributed by atoms with Crippen LogP contribution in [0, 0.1) is 0 Å². The van der Waals surface area contributed by atoms with Crippen LogP contribution < -0.4 is 5.32 Å². The third kappa shape index (κ3) is 4.20. The number of benzene rings is 1. The third-order valence-corrected chi connectivity index (χ3v) is 7.20. The molecule has 1 atom stereocenters. The number of amides is 1. The van der Waals surface area contributed by atoms with Gasteiger partial charge >= 0.3 is 5.97 Å². The highest BCUT2D eigenvalue weighted by Gasteiger charge is 2.44. The lowest BCUT2D eigenvalue weighted by Gasteiger charge is -2.27. The van der Waals surface area contributed by atoms with E-state index in [1.165, 1.54) is 0 Å². The Hall–Kier alpha value is -1.60. The monoisotopic (exact) mass is 399 g/mol. The molecule has 0 aromatic heterocycles. The van der Waals surface area contributed by atoms with Crippen molar-refractivity contribution in [3.05, 3.63) is 34.9 Å². The van der Waals surface area contributed by atoms with Crippen LogP contribution in [0.1, 0.15) is 37.7 Å². The van der Waals surface area contributed by atoms with E-state index in [0.29, 0.717) is 24.3 Å². The van der Waals surface area contributed by atoms with E-state index in [-0.39, 0.29) is 11.5 Å². The Morgan fingerprint density at radius 2 is 1.85 bits per heavy atom. The predicted molar refractivity (Wildman–Crippen MR) is 97.8 cm³/mol. The van der Waals surface area contributed by atoms with Crippen LogP contribution >= 0.6 is 11.6 Å². The molecule has 1 saturated heterocycles. The van der Waals surface area contributed by atoms with Gasteiger partial charge in [0.05, 0.1) is 16.9 Å². The zero-order valence-electron chi connectivity index (χ0n) is 14.4. The molecule has 26 heavy (non-hydrogen) atoms. The van der Waals surface area contributed by atoms with Gasteiger partial charge in [0.25, 0.3) is 5.91 Å². The summed E-state index contributed by atoms with van der Waals surface area (Å²) >= 11 is 5.94. The molecule has 1 saturated carbocycles.